The van der Waals surface area contributed by atoms with E-state index in [1.165, 1.54) is 25.7 Å². The molecule has 0 unspecified atom stereocenters. The SMILES string of the molecule is O=C(CSCc1cc2c(cc1Br)OCCO2)NC1CCCCCC1. The van der Waals surface area contributed by atoms with Crippen LogP contribution >= 0.6 is 27.7 Å². The normalized spacial score (nSPS) is 18.0. The Morgan fingerprint density at radius 2 is 1.79 bits per heavy atom. The van der Waals surface area contributed by atoms with E-state index in [-0.39, 0.29) is 5.91 Å². The van der Waals surface area contributed by atoms with Crippen LogP contribution in [0.25, 0.3) is 0 Å². The Hall–Kier alpha value is -0.880. The Morgan fingerprint density at radius 3 is 2.50 bits per heavy atom. The molecule has 1 amide bonds. The van der Waals surface area contributed by atoms with Crippen molar-refractivity contribution in [1.29, 1.82) is 0 Å². The highest BCUT2D eigenvalue weighted by Gasteiger charge is 2.16. The Bertz CT molecular complexity index is 574. The van der Waals surface area contributed by atoms with Gasteiger partial charge in [0.2, 0.25) is 5.91 Å². The molecule has 1 N–H and O–H groups in total. The molecule has 0 atom stereocenters. The predicted molar refractivity (Wildman–Crippen MR) is 101 cm³/mol. The van der Waals surface area contributed by atoms with Gasteiger partial charge < -0.3 is 14.8 Å². The molecular formula is C18H24BrNO3S. The number of hydrogen-bond acceptors (Lipinski definition) is 4. The summed E-state index contributed by atoms with van der Waals surface area (Å²) in [5, 5.41) is 3.19. The van der Waals surface area contributed by atoms with Crippen LogP contribution < -0.4 is 14.8 Å². The Balaban J connectivity index is 1.46. The lowest BCUT2D eigenvalue weighted by Crippen LogP contribution is -2.35. The van der Waals surface area contributed by atoms with E-state index in [4.69, 9.17) is 9.47 Å². The molecule has 1 aromatic rings. The number of hydrogen-bond donors (Lipinski definition) is 1. The lowest BCUT2D eigenvalue weighted by molar-refractivity contribution is -0.119. The molecular weight excluding hydrogens is 390 g/mol. The molecule has 0 spiro atoms. The fraction of sp³-hybridized carbons (Fsp3) is 0.611. The van der Waals surface area contributed by atoms with Crippen LogP contribution in [0.1, 0.15) is 44.1 Å². The van der Waals surface area contributed by atoms with Crippen LogP contribution in [-0.2, 0) is 10.5 Å². The third-order valence-electron chi connectivity index (χ3n) is 4.42. The Kier molecular flexibility index (Phi) is 6.72. The number of halogens is 1. The summed E-state index contributed by atoms with van der Waals surface area (Å²) in [5.74, 6) is 3.00. The number of fused-ring (bicyclic) bond motifs is 1. The molecule has 3 rings (SSSR count). The Morgan fingerprint density at radius 1 is 1.12 bits per heavy atom. The molecule has 4 nitrogen and oxygen atoms in total. The standard InChI is InChI=1S/C18H24BrNO3S/c19-15-10-17-16(22-7-8-23-17)9-13(15)11-24-12-18(21)20-14-5-3-1-2-4-6-14/h9-10,14H,1-8,11-12H2,(H,20,21). The molecule has 0 aromatic heterocycles. The van der Waals surface area contributed by atoms with Gasteiger partial charge in [0, 0.05) is 16.3 Å². The molecule has 24 heavy (non-hydrogen) atoms. The summed E-state index contributed by atoms with van der Waals surface area (Å²) in [4.78, 5) is 12.1. The average Bonchev–Trinajstić information content (AvgIpc) is 2.84. The summed E-state index contributed by atoms with van der Waals surface area (Å²) in [6.45, 7) is 1.18. The quantitative estimate of drug-likeness (QED) is 0.731. The zero-order chi connectivity index (χ0) is 16.8. The van der Waals surface area contributed by atoms with Crippen molar-refractivity contribution in [2.24, 2.45) is 0 Å². The summed E-state index contributed by atoms with van der Waals surface area (Å²) < 4.78 is 12.2. The van der Waals surface area contributed by atoms with E-state index in [9.17, 15) is 4.79 Å². The van der Waals surface area contributed by atoms with Gasteiger partial charge in [-0.1, -0.05) is 41.6 Å². The second-order valence-corrected chi connectivity index (χ2v) is 8.18. The first-order chi connectivity index (χ1) is 11.7. The van der Waals surface area contributed by atoms with E-state index in [1.54, 1.807) is 11.8 Å². The highest BCUT2D eigenvalue weighted by Crippen LogP contribution is 2.36. The average molecular weight is 414 g/mol. The zero-order valence-electron chi connectivity index (χ0n) is 13.8. The largest absolute Gasteiger partial charge is 0.486 e. The minimum absolute atomic E-state index is 0.153. The number of carbonyl (C=O) groups excluding carboxylic acids is 1. The number of rotatable bonds is 5. The summed E-state index contributed by atoms with van der Waals surface area (Å²) in [6.07, 6.45) is 7.34. The summed E-state index contributed by atoms with van der Waals surface area (Å²) in [5.41, 5.74) is 1.13. The zero-order valence-corrected chi connectivity index (χ0v) is 16.2. The minimum Gasteiger partial charge on any atom is -0.486 e. The first-order valence-corrected chi connectivity index (χ1v) is 10.6. The van der Waals surface area contributed by atoms with Crippen molar-refractivity contribution in [3.8, 4) is 11.5 Å². The van der Waals surface area contributed by atoms with Gasteiger partial charge in [-0.05, 0) is 30.5 Å². The number of ether oxygens (including phenoxy) is 2. The number of benzene rings is 1. The summed E-state index contributed by atoms with van der Waals surface area (Å²) >= 11 is 5.22. The van der Waals surface area contributed by atoms with Gasteiger partial charge in [-0.25, -0.2) is 0 Å². The van der Waals surface area contributed by atoms with E-state index in [0.717, 1.165) is 40.1 Å². The predicted octanol–water partition coefficient (Wildman–Crippen LogP) is 4.29. The molecule has 1 fully saturated rings. The number of amides is 1. The number of thioether (sulfide) groups is 1. The fourth-order valence-electron chi connectivity index (χ4n) is 3.16. The molecule has 1 aliphatic heterocycles. The molecule has 6 heteroatoms. The third-order valence-corrected chi connectivity index (χ3v) is 6.14. The van der Waals surface area contributed by atoms with Crippen molar-refractivity contribution in [1.82, 2.24) is 5.32 Å². The minimum atomic E-state index is 0.153. The second kappa shape index (κ2) is 8.99. The molecule has 0 radical (unpaired) electrons. The third kappa shape index (κ3) is 5.06. The number of carbonyl (C=O) groups is 1. The van der Waals surface area contributed by atoms with Crippen molar-refractivity contribution >= 4 is 33.6 Å². The maximum absolute atomic E-state index is 12.1. The van der Waals surface area contributed by atoms with Crippen LogP contribution in [0.15, 0.2) is 16.6 Å². The van der Waals surface area contributed by atoms with Crippen molar-refractivity contribution in [2.45, 2.75) is 50.3 Å². The fourth-order valence-corrected chi connectivity index (χ4v) is 4.64. The van der Waals surface area contributed by atoms with Gasteiger partial charge in [-0.2, -0.15) is 0 Å². The van der Waals surface area contributed by atoms with Crippen LogP contribution in [0, 0.1) is 0 Å². The Labute approximate surface area is 156 Å². The topological polar surface area (TPSA) is 47.6 Å². The van der Waals surface area contributed by atoms with Crippen LogP contribution in [0.3, 0.4) is 0 Å². The van der Waals surface area contributed by atoms with Crippen molar-refractivity contribution in [3.05, 3.63) is 22.2 Å². The molecule has 1 heterocycles. The molecule has 1 saturated carbocycles. The smallest absolute Gasteiger partial charge is 0.230 e. The first kappa shape index (κ1) is 17.9. The lowest BCUT2D eigenvalue weighted by atomic mass is 10.1. The van der Waals surface area contributed by atoms with Crippen LogP contribution in [0.2, 0.25) is 0 Å². The van der Waals surface area contributed by atoms with Gasteiger partial charge in [0.15, 0.2) is 11.5 Å². The summed E-state index contributed by atoms with van der Waals surface area (Å²) in [7, 11) is 0. The number of nitrogens with one attached hydrogen (secondary N) is 1. The van der Waals surface area contributed by atoms with E-state index >= 15 is 0 Å². The molecule has 2 aliphatic rings. The molecule has 0 bridgehead atoms. The van der Waals surface area contributed by atoms with E-state index < -0.39 is 0 Å². The first-order valence-electron chi connectivity index (χ1n) is 8.67. The molecule has 0 saturated heterocycles. The van der Waals surface area contributed by atoms with Gasteiger partial charge >= 0.3 is 0 Å². The van der Waals surface area contributed by atoms with E-state index in [1.807, 2.05) is 12.1 Å². The second-order valence-electron chi connectivity index (χ2n) is 6.34. The van der Waals surface area contributed by atoms with E-state index in [2.05, 4.69) is 21.2 Å². The van der Waals surface area contributed by atoms with Crippen LogP contribution in [0.5, 0.6) is 11.5 Å². The van der Waals surface area contributed by atoms with Gasteiger partial charge in [0.1, 0.15) is 13.2 Å². The van der Waals surface area contributed by atoms with Crippen molar-refractivity contribution in [2.75, 3.05) is 19.0 Å². The maximum atomic E-state index is 12.1. The highest BCUT2D eigenvalue weighted by atomic mass is 79.9. The molecule has 132 valence electrons. The summed E-state index contributed by atoms with van der Waals surface area (Å²) in [6, 6.07) is 4.34. The molecule has 1 aliphatic carbocycles. The van der Waals surface area contributed by atoms with Gasteiger partial charge in [-0.3, -0.25) is 4.79 Å². The van der Waals surface area contributed by atoms with Crippen molar-refractivity contribution in [3.63, 3.8) is 0 Å². The van der Waals surface area contributed by atoms with E-state index in [0.29, 0.717) is 25.0 Å². The molecule has 1 aromatic carbocycles. The lowest BCUT2D eigenvalue weighted by Gasteiger charge is -2.20. The monoisotopic (exact) mass is 413 g/mol. The highest BCUT2D eigenvalue weighted by molar-refractivity contribution is 9.10. The van der Waals surface area contributed by atoms with Crippen LogP contribution in [0.4, 0.5) is 0 Å². The van der Waals surface area contributed by atoms with Gasteiger partial charge in [0.25, 0.3) is 0 Å². The van der Waals surface area contributed by atoms with Gasteiger partial charge in [-0.15, -0.1) is 11.8 Å². The van der Waals surface area contributed by atoms with Crippen LogP contribution in [-0.4, -0.2) is 30.9 Å². The van der Waals surface area contributed by atoms with Gasteiger partial charge in [0.05, 0.1) is 5.75 Å². The van der Waals surface area contributed by atoms with Crippen molar-refractivity contribution < 1.29 is 14.3 Å². The maximum Gasteiger partial charge on any atom is 0.230 e.